The van der Waals surface area contributed by atoms with Crippen molar-refractivity contribution in [2.45, 2.75) is 31.5 Å². The Balaban J connectivity index is 1.59. The SMILES string of the molecule is Fc1cc(C2=CC3COCC(C2)N3Cc2ccccc2)ccc1C(F)F. The Morgan fingerprint density at radius 3 is 2.58 bits per heavy atom. The van der Waals surface area contributed by atoms with E-state index in [2.05, 4.69) is 23.1 Å². The molecule has 2 aromatic carbocycles. The van der Waals surface area contributed by atoms with E-state index < -0.39 is 17.8 Å². The molecule has 0 spiro atoms. The van der Waals surface area contributed by atoms with Crippen LogP contribution in [0.1, 0.15) is 29.5 Å². The van der Waals surface area contributed by atoms with Gasteiger partial charge in [-0.25, -0.2) is 13.2 Å². The molecule has 0 saturated carbocycles. The zero-order valence-corrected chi connectivity index (χ0v) is 14.2. The van der Waals surface area contributed by atoms with Crippen LogP contribution in [0.2, 0.25) is 0 Å². The van der Waals surface area contributed by atoms with Gasteiger partial charge >= 0.3 is 0 Å². The molecule has 2 bridgehead atoms. The first-order chi connectivity index (χ1) is 12.6. The molecule has 5 heteroatoms. The van der Waals surface area contributed by atoms with Crippen molar-refractivity contribution in [3.8, 4) is 0 Å². The van der Waals surface area contributed by atoms with Crippen molar-refractivity contribution in [3.63, 3.8) is 0 Å². The molecule has 2 heterocycles. The Kier molecular flexibility index (Phi) is 4.83. The van der Waals surface area contributed by atoms with Gasteiger partial charge in [0.15, 0.2) is 0 Å². The number of hydrogen-bond donors (Lipinski definition) is 0. The van der Waals surface area contributed by atoms with Gasteiger partial charge in [0.25, 0.3) is 6.43 Å². The van der Waals surface area contributed by atoms with Gasteiger partial charge in [-0.3, -0.25) is 4.90 Å². The standard InChI is InChI=1S/C21H20F3NO/c22-20-10-15(6-7-19(20)21(23)24)16-8-17-12-26-13-18(9-16)25(17)11-14-4-2-1-3-5-14/h1-8,10,17-18,21H,9,11-13H2. The number of rotatable bonds is 4. The maximum absolute atomic E-state index is 14.0. The van der Waals surface area contributed by atoms with Gasteiger partial charge in [-0.15, -0.1) is 0 Å². The number of halogens is 3. The molecular weight excluding hydrogens is 339 g/mol. The quantitative estimate of drug-likeness (QED) is 0.776. The van der Waals surface area contributed by atoms with Crippen LogP contribution < -0.4 is 0 Å². The van der Waals surface area contributed by atoms with Crippen LogP contribution in [0.5, 0.6) is 0 Å². The Bertz CT molecular complexity index is 806. The van der Waals surface area contributed by atoms with E-state index in [1.165, 1.54) is 17.7 Å². The van der Waals surface area contributed by atoms with Crippen molar-refractivity contribution in [1.82, 2.24) is 4.90 Å². The lowest BCUT2D eigenvalue weighted by Gasteiger charge is -2.45. The van der Waals surface area contributed by atoms with Crippen LogP contribution in [-0.2, 0) is 11.3 Å². The summed E-state index contributed by atoms with van der Waals surface area (Å²) in [6.07, 6.45) is 0.0187. The minimum atomic E-state index is -2.79. The zero-order valence-electron chi connectivity index (χ0n) is 14.2. The molecule has 2 atom stereocenters. The summed E-state index contributed by atoms with van der Waals surface area (Å²) >= 11 is 0. The third kappa shape index (κ3) is 3.41. The van der Waals surface area contributed by atoms with Crippen LogP contribution in [0.4, 0.5) is 13.2 Å². The largest absolute Gasteiger partial charge is 0.378 e. The summed E-state index contributed by atoms with van der Waals surface area (Å²) in [7, 11) is 0. The molecule has 2 nitrogen and oxygen atoms in total. The van der Waals surface area contributed by atoms with Crippen molar-refractivity contribution >= 4 is 5.57 Å². The number of nitrogens with zero attached hydrogens (tertiary/aromatic N) is 1. The van der Waals surface area contributed by atoms with Gasteiger partial charge in [0.2, 0.25) is 0 Å². The van der Waals surface area contributed by atoms with Crippen LogP contribution in [0.15, 0.2) is 54.6 Å². The summed E-state index contributed by atoms with van der Waals surface area (Å²) in [5.74, 6) is -0.841. The van der Waals surface area contributed by atoms with E-state index in [-0.39, 0.29) is 12.1 Å². The molecule has 0 amide bonds. The molecular formula is C21H20F3NO. The normalized spacial score (nSPS) is 23.2. The van der Waals surface area contributed by atoms with Gasteiger partial charge in [-0.2, -0.15) is 0 Å². The molecule has 4 rings (SSSR count). The lowest BCUT2D eigenvalue weighted by Crippen LogP contribution is -2.53. The second-order valence-electron chi connectivity index (χ2n) is 6.85. The number of alkyl halides is 2. The Hall–Kier alpha value is -2.11. The highest BCUT2D eigenvalue weighted by atomic mass is 19.3. The van der Waals surface area contributed by atoms with E-state index in [0.29, 0.717) is 18.8 Å². The Morgan fingerprint density at radius 1 is 1.08 bits per heavy atom. The van der Waals surface area contributed by atoms with E-state index in [1.54, 1.807) is 6.07 Å². The summed E-state index contributed by atoms with van der Waals surface area (Å²) in [5, 5.41) is 0. The summed E-state index contributed by atoms with van der Waals surface area (Å²) in [6.45, 7) is 2.05. The van der Waals surface area contributed by atoms with Crippen LogP contribution in [0.25, 0.3) is 5.57 Å². The summed E-state index contributed by atoms with van der Waals surface area (Å²) in [4.78, 5) is 2.41. The average molecular weight is 359 g/mol. The maximum atomic E-state index is 14.0. The molecule has 2 unspecified atom stereocenters. The van der Waals surface area contributed by atoms with Crippen LogP contribution in [0.3, 0.4) is 0 Å². The van der Waals surface area contributed by atoms with Gasteiger partial charge in [-0.1, -0.05) is 42.5 Å². The number of ether oxygens (including phenoxy) is 1. The van der Waals surface area contributed by atoms with E-state index in [0.717, 1.165) is 18.5 Å². The second kappa shape index (κ2) is 7.25. The van der Waals surface area contributed by atoms with Gasteiger partial charge in [0.1, 0.15) is 5.82 Å². The van der Waals surface area contributed by atoms with Crippen LogP contribution >= 0.6 is 0 Å². The molecule has 2 aliphatic heterocycles. The molecule has 0 aliphatic carbocycles. The molecule has 0 aromatic heterocycles. The lowest BCUT2D eigenvalue weighted by molar-refractivity contribution is -0.0402. The van der Waals surface area contributed by atoms with Gasteiger partial charge < -0.3 is 4.74 Å². The Morgan fingerprint density at radius 2 is 1.88 bits per heavy atom. The summed E-state index contributed by atoms with van der Waals surface area (Å²) < 4.78 is 45.2. The number of hydrogen-bond acceptors (Lipinski definition) is 2. The van der Waals surface area contributed by atoms with E-state index in [9.17, 15) is 13.2 Å². The topological polar surface area (TPSA) is 12.5 Å². The van der Waals surface area contributed by atoms with Crippen molar-refractivity contribution in [2.75, 3.05) is 13.2 Å². The van der Waals surface area contributed by atoms with Crippen molar-refractivity contribution < 1.29 is 17.9 Å². The summed E-state index contributed by atoms with van der Waals surface area (Å²) in [5.41, 5.74) is 2.39. The minimum absolute atomic E-state index is 0.107. The number of benzene rings is 2. The maximum Gasteiger partial charge on any atom is 0.266 e. The average Bonchev–Trinajstić information content (AvgIpc) is 2.62. The fourth-order valence-corrected chi connectivity index (χ4v) is 3.82. The second-order valence-corrected chi connectivity index (χ2v) is 6.85. The van der Waals surface area contributed by atoms with Crippen molar-refractivity contribution in [3.05, 3.63) is 77.1 Å². The molecule has 0 radical (unpaired) electrons. The smallest absolute Gasteiger partial charge is 0.266 e. The zero-order chi connectivity index (χ0) is 18.1. The predicted octanol–water partition coefficient (Wildman–Crippen LogP) is 4.82. The third-order valence-corrected chi connectivity index (χ3v) is 5.16. The van der Waals surface area contributed by atoms with E-state index in [1.807, 2.05) is 18.2 Å². The van der Waals surface area contributed by atoms with Crippen LogP contribution in [-0.4, -0.2) is 30.2 Å². The molecule has 0 N–H and O–H groups in total. The first-order valence-corrected chi connectivity index (χ1v) is 8.78. The summed E-state index contributed by atoms with van der Waals surface area (Å²) in [6, 6.07) is 14.6. The highest BCUT2D eigenvalue weighted by Gasteiger charge is 2.35. The predicted molar refractivity (Wildman–Crippen MR) is 94.3 cm³/mol. The lowest BCUT2D eigenvalue weighted by atomic mass is 9.89. The first-order valence-electron chi connectivity index (χ1n) is 8.78. The fraction of sp³-hybridized carbons (Fsp3) is 0.333. The molecule has 1 fully saturated rings. The van der Waals surface area contributed by atoms with E-state index in [4.69, 9.17) is 4.74 Å². The molecule has 1 saturated heterocycles. The Labute approximate surface area is 150 Å². The van der Waals surface area contributed by atoms with Gasteiger partial charge in [0, 0.05) is 12.6 Å². The van der Waals surface area contributed by atoms with Crippen molar-refractivity contribution in [2.24, 2.45) is 0 Å². The van der Waals surface area contributed by atoms with Gasteiger partial charge in [-0.05, 0) is 35.3 Å². The highest BCUT2D eigenvalue weighted by Crippen LogP contribution is 2.34. The van der Waals surface area contributed by atoms with Gasteiger partial charge in [0.05, 0.1) is 24.8 Å². The monoisotopic (exact) mass is 359 g/mol. The number of fused-ring (bicyclic) bond motifs is 2. The molecule has 26 heavy (non-hydrogen) atoms. The molecule has 136 valence electrons. The molecule has 2 aromatic rings. The van der Waals surface area contributed by atoms with Crippen LogP contribution in [0, 0.1) is 5.82 Å². The highest BCUT2D eigenvalue weighted by molar-refractivity contribution is 5.68. The molecule has 2 aliphatic rings. The van der Waals surface area contributed by atoms with Crippen molar-refractivity contribution in [1.29, 1.82) is 0 Å². The first kappa shape index (κ1) is 17.3. The minimum Gasteiger partial charge on any atom is -0.378 e. The number of morpholine rings is 1. The van der Waals surface area contributed by atoms with E-state index >= 15 is 0 Å². The third-order valence-electron chi connectivity index (χ3n) is 5.16. The fourth-order valence-electron chi connectivity index (χ4n) is 3.82.